The topological polar surface area (TPSA) is 83.4 Å². The third-order valence-corrected chi connectivity index (χ3v) is 6.36. The van der Waals surface area contributed by atoms with Gasteiger partial charge in [-0.2, -0.15) is 0 Å². The van der Waals surface area contributed by atoms with Crippen molar-refractivity contribution in [2.75, 3.05) is 39.3 Å². The number of nitrogens with one attached hydrogen (secondary N) is 1. The molecule has 0 bridgehead atoms. The first-order valence-electron chi connectivity index (χ1n) is 11.2. The van der Waals surface area contributed by atoms with Crippen LogP contribution in [-0.2, 0) is 11.3 Å². The van der Waals surface area contributed by atoms with Crippen LogP contribution < -0.4 is 5.32 Å². The molecule has 0 spiro atoms. The van der Waals surface area contributed by atoms with Gasteiger partial charge in [0.1, 0.15) is 0 Å². The summed E-state index contributed by atoms with van der Waals surface area (Å²) in [6.45, 7) is 2.77. The highest BCUT2D eigenvalue weighted by Gasteiger charge is 2.22. The number of rotatable bonds is 10. The quantitative estimate of drug-likeness (QED) is 0.445. The van der Waals surface area contributed by atoms with E-state index in [0.717, 1.165) is 17.8 Å². The van der Waals surface area contributed by atoms with Crippen LogP contribution in [0.2, 0.25) is 0 Å². The number of hydrogen-bond donors (Lipinski definition) is 1. The van der Waals surface area contributed by atoms with Crippen LogP contribution in [-0.4, -0.2) is 70.3 Å². The maximum Gasteiger partial charge on any atom is 0.253 e. The van der Waals surface area contributed by atoms with E-state index in [9.17, 15) is 9.59 Å². The zero-order chi connectivity index (χ0) is 24.7. The van der Waals surface area contributed by atoms with Crippen molar-refractivity contribution >= 4 is 29.3 Å². The maximum absolute atomic E-state index is 12.6. The molecule has 9 heteroatoms. The predicted octanol–water partition coefficient (Wildman–Crippen LogP) is 3.77. The molecular weight excluding hydrogens is 448 g/mol. The van der Waals surface area contributed by atoms with Gasteiger partial charge in [0, 0.05) is 25.3 Å². The summed E-state index contributed by atoms with van der Waals surface area (Å²) in [7, 11) is 7.48. The summed E-state index contributed by atoms with van der Waals surface area (Å²) in [6, 6.07) is 17.2. The highest BCUT2D eigenvalue weighted by Crippen LogP contribution is 2.26. The standard InChI is InChI=1S/C25H32N6O2S/c1-6-21(29(2)3)23-27-28-25(31(23)16-18-10-8-7-9-11-18)34-17-22(32)26-20-14-12-19(13-15-20)24(33)30(4)5/h7-15,21H,6,16-17H2,1-5H3,(H,26,32)/t21-/m1/s1. The lowest BCUT2D eigenvalue weighted by Gasteiger charge is -2.23. The summed E-state index contributed by atoms with van der Waals surface area (Å²) >= 11 is 1.36. The van der Waals surface area contributed by atoms with E-state index in [1.54, 1.807) is 38.4 Å². The van der Waals surface area contributed by atoms with Gasteiger partial charge < -0.3 is 14.8 Å². The largest absolute Gasteiger partial charge is 0.345 e. The fourth-order valence-electron chi connectivity index (χ4n) is 3.63. The van der Waals surface area contributed by atoms with Gasteiger partial charge in [0.25, 0.3) is 5.91 Å². The molecule has 0 saturated carbocycles. The van der Waals surface area contributed by atoms with Crippen LogP contribution in [0.4, 0.5) is 5.69 Å². The average molecular weight is 481 g/mol. The van der Waals surface area contributed by atoms with Crippen molar-refractivity contribution in [2.45, 2.75) is 31.1 Å². The molecule has 180 valence electrons. The summed E-state index contributed by atoms with van der Waals surface area (Å²) in [5, 5.41) is 12.5. The molecule has 0 radical (unpaired) electrons. The SMILES string of the molecule is CC[C@H](c1nnc(SCC(=O)Nc2ccc(C(=O)N(C)C)cc2)n1Cc1ccccc1)N(C)C. The Kier molecular flexibility index (Phi) is 8.84. The van der Waals surface area contributed by atoms with Crippen molar-refractivity contribution < 1.29 is 9.59 Å². The Morgan fingerprint density at radius 2 is 1.68 bits per heavy atom. The second-order valence-electron chi connectivity index (χ2n) is 8.41. The smallest absolute Gasteiger partial charge is 0.253 e. The van der Waals surface area contributed by atoms with Crippen LogP contribution >= 0.6 is 11.8 Å². The highest BCUT2D eigenvalue weighted by atomic mass is 32.2. The molecule has 0 saturated heterocycles. The van der Waals surface area contributed by atoms with Crippen molar-refractivity contribution in [2.24, 2.45) is 0 Å². The zero-order valence-electron chi connectivity index (χ0n) is 20.4. The molecule has 1 aromatic heterocycles. The first-order valence-corrected chi connectivity index (χ1v) is 12.2. The molecule has 1 N–H and O–H groups in total. The monoisotopic (exact) mass is 480 g/mol. The van der Waals surface area contributed by atoms with Crippen molar-refractivity contribution in [3.05, 3.63) is 71.5 Å². The molecule has 1 heterocycles. The number of hydrogen-bond acceptors (Lipinski definition) is 6. The van der Waals surface area contributed by atoms with E-state index in [1.807, 2.05) is 32.3 Å². The molecule has 8 nitrogen and oxygen atoms in total. The Bertz CT molecular complexity index is 1100. The van der Waals surface area contributed by atoms with Gasteiger partial charge in [-0.3, -0.25) is 14.5 Å². The van der Waals surface area contributed by atoms with Crippen molar-refractivity contribution in [1.82, 2.24) is 24.6 Å². The molecule has 0 aliphatic heterocycles. The van der Waals surface area contributed by atoms with Crippen LogP contribution in [0.1, 0.15) is 41.1 Å². The average Bonchev–Trinajstić information content (AvgIpc) is 3.20. The number of anilines is 1. The van der Waals surface area contributed by atoms with E-state index >= 15 is 0 Å². The molecular formula is C25H32N6O2S. The van der Waals surface area contributed by atoms with Crippen molar-refractivity contribution in [3.63, 3.8) is 0 Å². The van der Waals surface area contributed by atoms with Crippen LogP contribution in [0.5, 0.6) is 0 Å². The molecule has 2 aromatic carbocycles. The first kappa shape index (κ1) is 25.5. The maximum atomic E-state index is 12.6. The Balaban J connectivity index is 1.71. The Morgan fingerprint density at radius 3 is 2.26 bits per heavy atom. The van der Waals surface area contributed by atoms with Gasteiger partial charge >= 0.3 is 0 Å². The van der Waals surface area contributed by atoms with Gasteiger partial charge in [-0.1, -0.05) is 49.0 Å². The number of nitrogens with zero attached hydrogens (tertiary/aromatic N) is 5. The van der Waals surface area contributed by atoms with Gasteiger partial charge in [0.2, 0.25) is 5.91 Å². The summed E-state index contributed by atoms with van der Waals surface area (Å²) in [5.41, 5.74) is 2.37. The second kappa shape index (κ2) is 11.8. The lowest BCUT2D eigenvalue weighted by molar-refractivity contribution is -0.113. The molecule has 2 amide bonds. The normalized spacial score (nSPS) is 11.9. The third kappa shape index (κ3) is 6.45. The fraction of sp³-hybridized carbons (Fsp3) is 0.360. The first-order chi connectivity index (χ1) is 16.3. The van der Waals surface area contributed by atoms with E-state index in [-0.39, 0.29) is 23.6 Å². The summed E-state index contributed by atoms with van der Waals surface area (Å²) in [5.74, 6) is 0.863. The molecule has 3 rings (SSSR count). The molecule has 1 atom stereocenters. The molecule has 0 unspecified atom stereocenters. The number of carbonyl (C=O) groups excluding carboxylic acids is 2. The van der Waals surface area contributed by atoms with Gasteiger partial charge in [-0.05, 0) is 50.3 Å². The Hall–Kier alpha value is -3.17. The number of aromatic nitrogens is 3. The second-order valence-corrected chi connectivity index (χ2v) is 9.36. The van der Waals surface area contributed by atoms with Crippen molar-refractivity contribution in [3.8, 4) is 0 Å². The van der Waals surface area contributed by atoms with Gasteiger partial charge in [0.05, 0.1) is 18.3 Å². The van der Waals surface area contributed by atoms with E-state index in [0.29, 0.717) is 23.0 Å². The number of thioether (sulfide) groups is 1. The number of carbonyl (C=O) groups is 2. The molecule has 0 fully saturated rings. The van der Waals surface area contributed by atoms with E-state index in [1.165, 1.54) is 16.7 Å². The number of benzene rings is 2. The van der Waals surface area contributed by atoms with Crippen LogP contribution in [0.25, 0.3) is 0 Å². The summed E-state index contributed by atoms with van der Waals surface area (Å²) in [4.78, 5) is 28.3. The Morgan fingerprint density at radius 1 is 1.00 bits per heavy atom. The fourth-order valence-corrected chi connectivity index (χ4v) is 4.37. The van der Waals surface area contributed by atoms with E-state index < -0.39 is 0 Å². The van der Waals surface area contributed by atoms with Crippen LogP contribution in [0.15, 0.2) is 59.8 Å². The minimum atomic E-state index is -0.146. The van der Waals surface area contributed by atoms with Gasteiger partial charge in [0.15, 0.2) is 11.0 Å². The molecule has 0 aliphatic rings. The van der Waals surface area contributed by atoms with Gasteiger partial charge in [-0.25, -0.2) is 0 Å². The number of amides is 2. The Labute approximate surface area is 205 Å². The lowest BCUT2D eigenvalue weighted by atomic mass is 10.2. The van der Waals surface area contributed by atoms with E-state index in [2.05, 4.69) is 44.0 Å². The summed E-state index contributed by atoms with van der Waals surface area (Å²) < 4.78 is 2.10. The minimum absolute atomic E-state index is 0.0786. The van der Waals surface area contributed by atoms with Gasteiger partial charge in [-0.15, -0.1) is 10.2 Å². The van der Waals surface area contributed by atoms with Crippen LogP contribution in [0.3, 0.4) is 0 Å². The zero-order valence-corrected chi connectivity index (χ0v) is 21.2. The van der Waals surface area contributed by atoms with E-state index in [4.69, 9.17) is 0 Å². The molecule has 0 aliphatic carbocycles. The van der Waals surface area contributed by atoms with Crippen LogP contribution in [0, 0.1) is 0 Å². The van der Waals surface area contributed by atoms with Crippen molar-refractivity contribution in [1.29, 1.82) is 0 Å². The molecule has 3 aromatic rings. The molecule has 34 heavy (non-hydrogen) atoms. The summed E-state index contributed by atoms with van der Waals surface area (Å²) in [6.07, 6.45) is 0.900. The third-order valence-electron chi connectivity index (χ3n) is 5.39. The predicted molar refractivity (Wildman–Crippen MR) is 136 cm³/mol. The highest BCUT2D eigenvalue weighted by molar-refractivity contribution is 7.99. The minimum Gasteiger partial charge on any atom is -0.345 e. The lowest BCUT2D eigenvalue weighted by Crippen LogP contribution is -2.23.